The van der Waals surface area contributed by atoms with Gasteiger partial charge in [-0.05, 0) is 81.9 Å². The van der Waals surface area contributed by atoms with Crippen molar-refractivity contribution < 1.29 is 5.11 Å². The van der Waals surface area contributed by atoms with Crippen molar-refractivity contribution in [3.8, 4) is 17.5 Å². The standard InChI is InChI=1S/C29H33N7O/c1-19-5-4-12-36-25(18-31-28(19)36)27-24(16-30)17-32-29(34-27)33-20(2)22-6-8-23(9-7-22)26(37)15-21-10-13-35(3)14-11-21/h4-9,12,17-18,20-21,26,37H,10-11,13-15H2,1-3H3,(H,32,33,34)/t20-,26?/m0/s1. The zero-order valence-corrected chi connectivity index (χ0v) is 21.6. The lowest BCUT2D eigenvalue weighted by molar-refractivity contribution is 0.116. The Hall–Kier alpha value is -3.80. The van der Waals surface area contributed by atoms with Crippen LogP contribution in [0.5, 0.6) is 0 Å². The molecule has 2 N–H and O–H groups in total. The first-order valence-corrected chi connectivity index (χ1v) is 12.9. The third-order valence-electron chi connectivity index (χ3n) is 7.44. The molecule has 0 aliphatic carbocycles. The van der Waals surface area contributed by atoms with Crippen LogP contribution >= 0.6 is 0 Å². The van der Waals surface area contributed by atoms with Gasteiger partial charge in [-0.3, -0.25) is 4.40 Å². The topological polar surface area (TPSA) is 102 Å². The molecule has 0 bridgehead atoms. The number of nitriles is 1. The number of nitrogens with one attached hydrogen (secondary N) is 1. The Labute approximate surface area is 217 Å². The van der Waals surface area contributed by atoms with Crippen LogP contribution in [0.2, 0.25) is 0 Å². The number of fused-ring (bicyclic) bond motifs is 1. The average Bonchev–Trinajstić information content (AvgIpc) is 3.35. The highest BCUT2D eigenvalue weighted by Crippen LogP contribution is 2.29. The lowest BCUT2D eigenvalue weighted by Crippen LogP contribution is -2.30. The fourth-order valence-electron chi connectivity index (χ4n) is 5.09. The maximum absolute atomic E-state index is 10.8. The number of aromatic nitrogens is 4. The summed E-state index contributed by atoms with van der Waals surface area (Å²) in [5, 5.41) is 23.8. The van der Waals surface area contributed by atoms with Crippen LogP contribution in [0.15, 0.2) is 55.0 Å². The Balaban J connectivity index is 1.30. The summed E-state index contributed by atoms with van der Waals surface area (Å²) < 4.78 is 1.95. The SMILES string of the molecule is Cc1cccn2c(-c3nc(N[C@@H](C)c4ccc(C(O)CC5CCN(C)CC5)cc4)ncc3C#N)cnc12. The van der Waals surface area contributed by atoms with Crippen LogP contribution in [0.1, 0.15) is 60.6 Å². The van der Waals surface area contributed by atoms with Gasteiger partial charge in [0.15, 0.2) is 0 Å². The molecule has 1 aromatic carbocycles. The van der Waals surface area contributed by atoms with Crippen molar-refractivity contribution in [2.45, 2.75) is 45.3 Å². The van der Waals surface area contributed by atoms with Crippen molar-refractivity contribution in [3.63, 3.8) is 0 Å². The van der Waals surface area contributed by atoms with E-state index in [0.717, 1.165) is 60.4 Å². The van der Waals surface area contributed by atoms with Gasteiger partial charge in [0.05, 0.1) is 35.8 Å². The number of aliphatic hydroxyl groups is 1. The van der Waals surface area contributed by atoms with Crippen molar-refractivity contribution in [1.82, 2.24) is 24.3 Å². The van der Waals surface area contributed by atoms with Crippen molar-refractivity contribution in [2.75, 3.05) is 25.5 Å². The summed E-state index contributed by atoms with van der Waals surface area (Å²) in [7, 11) is 2.16. The van der Waals surface area contributed by atoms with Gasteiger partial charge in [-0.1, -0.05) is 30.3 Å². The molecule has 0 radical (unpaired) electrons. The van der Waals surface area contributed by atoms with Gasteiger partial charge in [-0.15, -0.1) is 0 Å². The summed E-state index contributed by atoms with van der Waals surface area (Å²) in [4.78, 5) is 16.0. The molecular formula is C29H33N7O. The summed E-state index contributed by atoms with van der Waals surface area (Å²) in [5.74, 6) is 1.02. The largest absolute Gasteiger partial charge is 0.388 e. The van der Waals surface area contributed by atoms with Gasteiger partial charge in [-0.2, -0.15) is 5.26 Å². The molecule has 0 saturated carbocycles. The van der Waals surface area contributed by atoms with Crippen LogP contribution in [0, 0.1) is 24.2 Å². The zero-order valence-electron chi connectivity index (χ0n) is 21.6. The molecule has 0 spiro atoms. The smallest absolute Gasteiger partial charge is 0.223 e. The highest BCUT2D eigenvalue weighted by Gasteiger charge is 2.21. The van der Waals surface area contributed by atoms with E-state index >= 15 is 0 Å². The molecule has 8 nitrogen and oxygen atoms in total. The number of likely N-dealkylation sites (tertiary alicyclic amines) is 1. The van der Waals surface area contributed by atoms with E-state index in [-0.39, 0.29) is 6.04 Å². The molecule has 0 amide bonds. The Bertz CT molecular complexity index is 1410. The quantitative estimate of drug-likeness (QED) is 0.376. The number of imidazole rings is 1. The van der Waals surface area contributed by atoms with E-state index in [2.05, 4.69) is 33.3 Å². The molecule has 4 aromatic rings. The Morgan fingerprint density at radius 1 is 1.11 bits per heavy atom. The molecular weight excluding hydrogens is 462 g/mol. The van der Waals surface area contributed by atoms with E-state index in [1.165, 1.54) is 0 Å². The van der Waals surface area contributed by atoms with Gasteiger partial charge in [0.2, 0.25) is 5.95 Å². The molecule has 4 heterocycles. The lowest BCUT2D eigenvalue weighted by atomic mass is 9.89. The van der Waals surface area contributed by atoms with Crippen LogP contribution in [-0.4, -0.2) is 49.5 Å². The minimum Gasteiger partial charge on any atom is -0.388 e. The number of benzene rings is 1. The maximum Gasteiger partial charge on any atom is 0.223 e. The Kier molecular flexibility index (Phi) is 7.17. The minimum atomic E-state index is -0.441. The Morgan fingerprint density at radius 3 is 2.57 bits per heavy atom. The van der Waals surface area contributed by atoms with E-state index in [0.29, 0.717) is 23.1 Å². The third-order valence-corrected chi connectivity index (χ3v) is 7.44. The summed E-state index contributed by atoms with van der Waals surface area (Å²) in [6.07, 6.45) is 7.88. The van der Waals surface area contributed by atoms with Gasteiger partial charge >= 0.3 is 0 Å². The van der Waals surface area contributed by atoms with Crippen LogP contribution in [-0.2, 0) is 0 Å². The molecule has 1 unspecified atom stereocenters. The summed E-state index contributed by atoms with van der Waals surface area (Å²) in [6, 6.07) is 14.2. The van der Waals surface area contributed by atoms with Crippen molar-refractivity contribution in [3.05, 3.63) is 77.2 Å². The number of piperidine rings is 1. The molecule has 2 atom stereocenters. The van der Waals surface area contributed by atoms with Crippen LogP contribution in [0.4, 0.5) is 5.95 Å². The summed E-state index contributed by atoms with van der Waals surface area (Å²) in [5.41, 5.74) is 5.58. The first kappa shape index (κ1) is 24.9. The van der Waals surface area contributed by atoms with Crippen LogP contribution in [0.3, 0.4) is 0 Å². The summed E-state index contributed by atoms with van der Waals surface area (Å²) >= 11 is 0. The van der Waals surface area contributed by atoms with E-state index in [9.17, 15) is 10.4 Å². The monoisotopic (exact) mass is 495 g/mol. The molecule has 1 aliphatic rings. The molecule has 1 aliphatic heterocycles. The zero-order chi connectivity index (χ0) is 25.9. The average molecular weight is 496 g/mol. The molecule has 37 heavy (non-hydrogen) atoms. The van der Waals surface area contributed by atoms with Crippen molar-refractivity contribution >= 4 is 11.6 Å². The minimum absolute atomic E-state index is 0.0645. The normalized spacial score (nSPS) is 16.4. The molecule has 1 fully saturated rings. The van der Waals surface area contributed by atoms with E-state index in [4.69, 9.17) is 4.98 Å². The fraction of sp³-hybridized carbons (Fsp3) is 0.379. The highest BCUT2D eigenvalue weighted by atomic mass is 16.3. The highest BCUT2D eigenvalue weighted by molar-refractivity contribution is 5.68. The number of anilines is 1. The van der Waals surface area contributed by atoms with Crippen LogP contribution in [0.25, 0.3) is 17.0 Å². The van der Waals surface area contributed by atoms with Gasteiger partial charge in [0.25, 0.3) is 0 Å². The van der Waals surface area contributed by atoms with Crippen LogP contribution < -0.4 is 5.32 Å². The van der Waals surface area contributed by atoms with Gasteiger partial charge in [-0.25, -0.2) is 15.0 Å². The van der Waals surface area contributed by atoms with E-state index in [1.54, 1.807) is 12.4 Å². The van der Waals surface area contributed by atoms with Gasteiger partial charge in [0, 0.05) is 6.20 Å². The van der Waals surface area contributed by atoms with E-state index < -0.39 is 6.10 Å². The maximum atomic E-state index is 10.8. The number of aryl methyl sites for hydroxylation is 1. The lowest BCUT2D eigenvalue weighted by Gasteiger charge is -2.30. The van der Waals surface area contributed by atoms with Gasteiger partial charge in [0.1, 0.15) is 17.4 Å². The number of rotatable bonds is 7. The Morgan fingerprint density at radius 2 is 1.84 bits per heavy atom. The number of hydrogen-bond donors (Lipinski definition) is 2. The molecule has 8 heteroatoms. The number of aliphatic hydroxyl groups excluding tert-OH is 1. The number of hydrogen-bond acceptors (Lipinski definition) is 7. The second kappa shape index (κ2) is 10.7. The molecule has 3 aromatic heterocycles. The summed E-state index contributed by atoms with van der Waals surface area (Å²) in [6.45, 7) is 6.26. The number of nitrogens with zero attached hydrogens (tertiary/aromatic N) is 6. The molecule has 190 valence electrons. The first-order chi connectivity index (χ1) is 17.9. The molecule has 5 rings (SSSR count). The van der Waals surface area contributed by atoms with E-state index in [1.807, 2.05) is 60.8 Å². The second-order valence-electron chi connectivity index (χ2n) is 10.1. The second-order valence-corrected chi connectivity index (χ2v) is 10.1. The fourth-order valence-corrected chi connectivity index (χ4v) is 5.09. The van der Waals surface area contributed by atoms with Gasteiger partial charge < -0.3 is 15.3 Å². The van der Waals surface area contributed by atoms with Crippen molar-refractivity contribution in [2.24, 2.45) is 5.92 Å². The first-order valence-electron chi connectivity index (χ1n) is 12.9. The predicted octanol–water partition coefficient (Wildman–Crippen LogP) is 4.91. The third kappa shape index (κ3) is 5.33. The predicted molar refractivity (Wildman–Crippen MR) is 144 cm³/mol. The molecule has 1 saturated heterocycles. The number of pyridine rings is 1. The van der Waals surface area contributed by atoms with Crippen molar-refractivity contribution in [1.29, 1.82) is 5.26 Å².